The molecule has 2 heterocycles. The van der Waals surface area contributed by atoms with Gasteiger partial charge in [0, 0.05) is 32.6 Å². The fraction of sp³-hybridized carbons (Fsp3) is 0.435. The normalized spacial score (nSPS) is 11.5. The SMILES string of the molecule is CCN(CC)CCN(C)C(=O)c1sc2c(c1OC)c(=O)n(C)c1ccccc21.O=C(O)C(F)(F)F. The molecule has 1 amide bonds. The van der Waals surface area contributed by atoms with E-state index < -0.39 is 12.1 Å². The van der Waals surface area contributed by atoms with E-state index in [-0.39, 0.29) is 11.5 Å². The first-order chi connectivity index (χ1) is 16.4. The first kappa shape index (κ1) is 28.1. The minimum Gasteiger partial charge on any atom is -0.494 e. The van der Waals surface area contributed by atoms with Crippen molar-refractivity contribution in [2.45, 2.75) is 20.0 Å². The summed E-state index contributed by atoms with van der Waals surface area (Å²) < 4.78 is 39.7. The number of carbonyl (C=O) groups excluding carboxylic acids is 1. The summed E-state index contributed by atoms with van der Waals surface area (Å²) in [5, 5.41) is 8.56. The fourth-order valence-corrected chi connectivity index (χ4v) is 4.77. The maximum Gasteiger partial charge on any atom is 0.490 e. The van der Waals surface area contributed by atoms with Gasteiger partial charge in [-0.2, -0.15) is 13.2 Å². The topological polar surface area (TPSA) is 92.1 Å². The Labute approximate surface area is 204 Å². The molecule has 0 saturated heterocycles. The summed E-state index contributed by atoms with van der Waals surface area (Å²) in [5.41, 5.74) is 0.699. The van der Waals surface area contributed by atoms with Crippen molar-refractivity contribution in [2.24, 2.45) is 7.05 Å². The van der Waals surface area contributed by atoms with Gasteiger partial charge in [0.05, 0.1) is 17.3 Å². The molecular formula is C23H28F3N3O5S. The molecule has 0 radical (unpaired) electrons. The van der Waals surface area contributed by atoms with Gasteiger partial charge in [-0.1, -0.05) is 32.0 Å². The molecule has 0 aliphatic rings. The van der Waals surface area contributed by atoms with E-state index >= 15 is 0 Å². The van der Waals surface area contributed by atoms with E-state index in [1.54, 1.807) is 23.6 Å². The molecule has 0 unspecified atom stereocenters. The van der Waals surface area contributed by atoms with Gasteiger partial charge in [-0.25, -0.2) is 4.79 Å². The van der Waals surface area contributed by atoms with Gasteiger partial charge in [0.15, 0.2) is 5.75 Å². The minimum atomic E-state index is -5.08. The van der Waals surface area contributed by atoms with Gasteiger partial charge in [-0.15, -0.1) is 11.3 Å². The van der Waals surface area contributed by atoms with Gasteiger partial charge < -0.3 is 24.2 Å². The van der Waals surface area contributed by atoms with Crippen molar-refractivity contribution in [3.8, 4) is 5.75 Å². The van der Waals surface area contributed by atoms with Crippen LogP contribution in [0.3, 0.4) is 0 Å². The summed E-state index contributed by atoms with van der Waals surface area (Å²) in [6, 6.07) is 7.74. The lowest BCUT2D eigenvalue weighted by atomic mass is 10.1. The molecule has 0 saturated carbocycles. The second kappa shape index (κ2) is 11.5. The number of hydrogen-bond donors (Lipinski definition) is 1. The number of halogens is 3. The van der Waals surface area contributed by atoms with Crippen LogP contribution in [0.4, 0.5) is 13.2 Å². The first-order valence-electron chi connectivity index (χ1n) is 10.7. The number of carbonyl (C=O) groups is 2. The third-order valence-corrected chi connectivity index (χ3v) is 6.72. The number of aryl methyl sites for hydroxylation is 1. The molecule has 1 N–H and O–H groups in total. The Morgan fingerprint density at radius 1 is 1.14 bits per heavy atom. The molecule has 3 aromatic rings. The molecular weight excluding hydrogens is 487 g/mol. The summed E-state index contributed by atoms with van der Waals surface area (Å²) in [4.78, 5) is 39.5. The van der Waals surface area contributed by atoms with Gasteiger partial charge in [0.2, 0.25) is 0 Å². The number of nitrogens with zero attached hydrogens (tertiary/aromatic N) is 3. The third kappa shape index (κ3) is 6.12. The predicted molar refractivity (Wildman–Crippen MR) is 130 cm³/mol. The number of rotatable bonds is 7. The van der Waals surface area contributed by atoms with Crippen LogP contribution in [0.15, 0.2) is 29.1 Å². The van der Waals surface area contributed by atoms with Crippen LogP contribution in [0.2, 0.25) is 0 Å². The van der Waals surface area contributed by atoms with Crippen LogP contribution in [0.1, 0.15) is 23.5 Å². The van der Waals surface area contributed by atoms with Crippen LogP contribution < -0.4 is 10.3 Å². The fourth-order valence-electron chi connectivity index (χ4n) is 3.48. The Morgan fingerprint density at radius 3 is 2.23 bits per heavy atom. The van der Waals surface area contributed by atoms with Gasteiger partial charge in [0.25, 0.3) is 11.5 Å². The van der Waals surface area contributed by atoms with Gasteiger partial charge in [0.1, 0.15) is 10.3 Å². The van der Waals surface area contributed by atoms with Gasteiger partial charge >= 0.3 is 12.1 Å². The highest BCUT2D eigenvalue weighted by molar-refractivity contribution is 7.22. The Bertz CT molecular complexity index is 1270. The monoisotopic (exact) mass is 515 g/mol. The van der Waals surface area contributed by atoms with Crippen LogP contribution in [0.5, 0.6) is 5.75 Å². The largest absolute Gasteiger partial charge is 0.494 e. The van der Waals surface area contributed by atoms with Crippen molar-refractivity contribution in [1.29, 1.82) is 0 Å². The van der Waals surface area contributed by atoms with Gasteiger partial charge in [-0.05, 0) is 19.2 Å². The van der Waals surface area contributed by atoms with E-state index in [9.17, 15) is 22.8 Å². The number of aliphatic carboxylic acids is 1. The van der Waals surface area contributed by atoms with Crippen molar-refractivity contribution in [3.63, 3.8) is 0 Å². The number of thiophene rings is 1. The molecule has 8 nitrogen and oxygen atoms in total. The second-order valence-corrected chi connectivity index (χ2v) is 8.63. The average Bonchev–Trinajstić information content (AvgIpc) is 3.22. The number of carboxylic acid groups (broad SMARTS) is 1. The molecule has 0 aliphatic heterocycles. The van der Waals surface area contributed by atoms with E-state index in [0.29, 0.717) is 22.6 Å². The summed E-state index contributed by atoms with van der Waals surface area (Å²) in [7, 11) is 5.06. The van der Waals surface area contributed by atoms with Crippen molar-refractivity contribution in [1.82, 2.24) is 14.4 Å². The number of benzene rings is 1. The highest BCUT2D eigenvalue weighted by atomic mass is 32.1. The van der Waals surface area contributed by atoms with Crippen LogP contribution in [-0.4, -0.2) is 77.9 Å². The number of amides is 1. The number of likely N-dealkylation sites (N-methyl/N-ethyl adjacent to an activating group) is 2. The first-order valence-corrected chi connectivity index (χ1v) is 11.6. The number of methoxy groups -OCH3 is 1. The lowest BCUT2D eigenvalue weighted by Gasteiger charge is -2.23. The predicted octanol–water partition coefficient (Wildman–Crippen LogP) is 3.81. The average molecular weight is 516 g/mol. The van der Waals surface area contributed by atoms with E-state index in [4.69, 9.17) is 14.6 Å². The number of aromatic nitrogens is 1. The van der Waals surface area contributed by atoms with E-state index in [0.717, 1.165) is 35.2 Å². The van der Waals surface area contributed by atoms with Crippen LogP contribution >= 0.6 is 11.3 Å². The summed E-state index contributed by atoms with van der Waals surface area (Å²) in [5.74, 6) is -2.49. The molecule has 3 rings (SSSR count). The standard InChI is InChI=1S/C21H27N3O3S.C2HF3O2/c1-6-24(7-2)13-12-22(3)21(26)19-17(27-5)16-18(28-19)14-10-8-9-11-15(14)23(4)20(16)25;3-2(4,5)1(6)7/h8-11H,6-7,12-13H2,1-5H3;(H,6,7). The number of pyridine rings is 1. The van der Waals surface area contributed by atoms with E-state index in [1.807, 2.05) is 24.3 Å². The van der Waals surface area contributed by atoms with Crippen LogP contribution in [-0.2, 0) is 11.8 Å². The molecule has 0 spiro atoms. The zero-order valence-corrected chi connectivity index (χ0v) is 20.9. The molecule has 1 aromatic carbocycles. The smallest absolute Gasteiger partial charge is 0.490 e. The second-order valence-electron chi connectivity index (χ2n) is 7.61. The molecule has 0 aliphatic carbocycles. The number of alkyl halides is 3. The summed E-state index contributed by atoms with van der Waals surface area (Å²) in [6.45, 7) is 7.56. The number of ether oxygens (including phenoxy) is 1. The maximum absolute atomic E-state index is 13.1. The van der Waals surface area contributed by atoms with Crippen molar-refractivity contribution in [2.75, 3.05) is 40.3 Å². The Hall–Kier alpha value is -3.12. The van der Waals surface area contributed by atoms with Gasteiger partial charge in [-0.3, -0.25) is 9.59 Å². The lowest BCUT2D eigenvalue weighted by Crippen LogP contribution is -2.36. The van der Waals surface area contributed by atoms with Crippen LogP contribution in [0.25, 0.3) is 21.0 Å². The molecule has 2 aromatic heterocycles. The Morgan fingerprint density at radius 2 is 1.71 bits per heavy atom. The molecule has 0 atom stereocenters. The lowest BCUT2D eigenvalue weighted by molar-refractivity contribution is -0.192. The quantitative estimate of drug-likeness (QED) is 0.515. The highest BCUT2D eigenvalue weighted by Crippen LogP contribution is 2.39. The van der Waals surface area contributed by atoms with E-state index in [1.165, 1.54) is 18.4 Å². The number of fused-ring (bicyclic) bond motifs is 3. The Balaban J connectivity index is 0.000000540. The van der Waals surface area contributed by atoms with Crippen molar-refractivity contribution >= 4 is 44.2 Å². The molecule has 0 fully saturated rings. The summed E-state index contributed by atoms with van der Waals surface area (Å²) >= 11 is 1.34. The molecule has 0 bridgehead atoms. The van der Waals surface area contributed by atoms with Crippen LogP contribution in [0, 0.1) is 0 Å². The minimum absolute atomic E-state index is 0.114. The zero-order chi connectivity index (χ0) is 26.5. The molecule has 35 heavy (non-hydrogen) atoms. The van der Waals surface area contributed by atoms with Crippen molar-refractivity contribution in [3.05, 3.63) is 39.5 Å². The number of hydrogen-bond acceptors (Lipinski definition) is 6. The third-order valence-electron chi connectivity index (χ3n) is 5.53. The number of para-hydroxylation sites is 1. The maximum atomic E-state index is 13.1. The molecule has 12 heteroatoms. The van der Waals surface area contributed by atoms with Crippen molar-refractivity contribution < 1.29 is 32.6 Å². The Kier molecular flexibility index (Phi) is 9.27. The molecule has 192 valence electrons. The number of carboxylic acids is 1. The van der Waals surface area contributed by atoms with E-state index in [2.05, 4.69) is 18.7 Å². The zero-order valence-electron chi connectivity index (χ0n) is 20.1. The highest BCUT2D eigenvalue weighted by Gasteiger charge is 2.38. The summed E-state index contributed by atoms with van der Waals surface area (Å²) in [6.07, 6.45) is -5.08.